The van der Waals surface area contributed by atoms with Crippen LogP contribution in [0.2, 0.25) is 0 Å². The molecule has 0 aliphatic carbocycles. The van der Waals surface area contributed by atoms with Gasteiger partial charge in [-0.25, -0.2) is 9.18 Å². The molecule has 23 heavy (non-hydrogen) atoms. The van der Waals surface area contributed by atoms with Gasteiger partial charge in [0.25, 0.3) is 0 Å². The molecule has 2 aliphatic heterocycles. The van der Waals surface area contributed by atoms with E-state index in [-0.39, 0.29) is 17.9 Å². The molecule has 2 saturated heterocycles. The van der Waals surface area contributed by atoms with Crippen molar-refractivity contribution >= 4 is 17.4 Å². The maximum Gasteiger partial charge on any atom is 0.317 e. The quantitative estimate of drug-likeness (QED) is 0.939. The number of hydrogen-bond donors (Lipinski definition) is 1. The molecule has 4 nitrogen and oxygen atoms in total. The van der Waals surface area contributed by atoms with Crippen LogP contribution < -0.4 is 5.32 Å². The zero-order valence-corrected chi connectivity index (χ0v) is 13.5. The number of nitrogens with one attached hydrogen (secondary N) is 1. The van der Waals surface area contributed by atoms with E-state index in [1.165, 1.54) is 0 Å². The Morgan fingerprint density at radius 2 is 2.22 bits per heavy atom. The molecule has 0 spiro atoms. The smallest absolute Gasteiger partial charge is 0.317 e. The number of amides is 2. The van der Waals surface area contributed by atoms with E-state index < -0.39 is 0 Å². The van der Waals surface area contributed by atoms with Crippen molar-refractivity contribution in [3.8, 4) is 10.4 Å². The van der Waals surface area contributed by atoms with Crippen molar-refractivity contribution in [2.45, 2.75) is 12.6 Å². The van der Waals surface area contributed by atoms with E-state index in [2.05, 4.69) is 10.2 Å². The van der Waals surface area contributed by atoms with Crippen LogP contribution in [0.25, 0.3) is 10.4 Å². The summed E-state index contributed by atoms with van der Waals surface area (Å²) < 4.78 is 14.1. The van der Waals surface area contributed by atoms with Crippen LogP contribution in [0.1, 0.15) is 5.56 Å². The number of halogens is 1. The highest BCUT2D eigenvalue weighted by atomic mass is 32.1. The minimum atomic E-state index is -0.174. The molecule has 2 fully saturated rings. The van der Waals surface area contributed by atoms with Crippen LogP contribution in [0.15, 0.2) is 35.7 Å². The number of carbonyl (C=O) groups excluding carboxylic acids is 1. The molecule has 2 aliphatic rings. The van der Waals surface area contributed by atoms with Crippen LogP contribution in [0.5, 0.6) is 0 Å². The molecular weight excluding hydrogens is 313 g/mol. The van der Waals surface area contributed by atoms with E-state index >= 15 is 0 Å². The number of nitrogens with zero attached hydrogens (tertiary/aromatic N) is 2. The Hall–Kier alpha value is -1.92. The first-order valence-electron chi connectivity index (χ1n) is 7.80. The van der Waals surface area contributed by atoms with Crippen molar-refractivity contribution in [3.05, 3.63) is 47.1 Å². The van der Waals surface area contributed by atoms with E-state index in [9.17, 15) is 9.18 Å². The van der Waals surface area contributed by atoms with Crippen LogP contribution >= 0.6 is 11.3 Å². The summed E-state index contributed by atoms with van der Waals surface area (Å²) in [6, 6.07) is 9.56. The first kappa shape index (κ1) is 14.7. The second-order valence-corrected chi connectivity index (χ2v) is 7.01. The standard InChI is InChI=1S/C17H18FN3OS/c18-15-4-3-12(8-14(15)16-2-1-7-23-16)10-20-5-6-21-13(11-20)9-19-17(21)22/h1-4,7-8,13H,5-6,9-11H2,(H,19,22). The highest BCUT2D eigenvalue weighted by molar-refractivity contribution is 7.13. The molecule has 0 radical (unpaired) electrons. The number of hydrogen-bond acceptors (Lipinski definition) is 3. The van der Waals surface area contributed by atoms with Gasteiger partial charge in [-0.05, 0) is 29.1 Å². The summed E-state index contributed by atoms with van der Waals surface area (Å²) in [6.07, 6.45) is 0. The number of thiophene rings is 1. The van der Waals surface area contributed by atoms with Crippen molar-refractivity contribution in [3.63, 3.8) is 0 Å². The lowest BCUT2D eigenvalue weighted by Gasteiger charge is -2.36. The van der Waals surface area contributed by atoms with Crippen LogP contribution in [0.4, 0.5) is 9.18 Å². The average molecular weight is 331 g/mol. The zero-order chi connectivity index (χ0) is 15.8. The summed E-state index contributed by atoms with van der Waals surface area (Å²) in [6.45, 7) is 3.99. The summed E-state index contributed by atoms with van der Waals surface area (Å²) >= 11 is 1.55. The molecule has 1 aromatic heterocycles. The molecule has 2 amide bonds. The summed E-state index contributed by atoms with van der Waals surface area (Å²) in [4.78, 5) is 16.9. The van der Waals surface area contributed by atoms with Gasteiger partial charge in [0.2, 0.25) is 0 Å². The molecule has 1 atom stereocenters. The van der Waals surface area contributed by atoms with E-state index in [0.29, 0.717) is 5.56 Å². The predicted molar refractivity (Wildman–Crippen MR) is 88.9 cm³/mol. The van der Waals surface area contributed by atoms with Crippen molar-refractivity contribution in [2.75, 3.05) is 26.2 Å². The zero-order valence-electron chi connectivity index (χ0n) is 12.7. The van der Waals surface area contributed by atoms with Crippen LogP contribution in [-0.2, 0) is 6.54 Å². The molecule has 6 heteroatoms. The van der Waals surface area contributed by atoms with Gasteiger partial charge in [0.1, 0.15) is 5.82 Å². The van der Waals surface area contributed by atoms with Crippen molar-refractivity contribution in [2.24, 2.45) is 0 Å². The molecule has 0 bridgehead atoms. The Kier molecular flexibility index (Phi) is 3.79. The lowest BCUT2D eigenvalue weighted by atomic mass is 10.1. The van der Waals surface area contributed by atoms with E-state index in [1.54, 1.807) is 17.4 Å². The van der Waals surface area contributed by atoms with E-state index in [1.807, 2.05) is 34.5 Å². The maximum atomic E-state index is 14.1. The Morgan fingerprint density at radius 1 is 1.30 bits per heavy atom. The highest BCUT2D eigenvalue weighted by Crippen LogP contribution is 2.28. The minimum Gasteiger partial charge on any atom is -0.336 e. The van der Waals surface area contributed by atoms with E-state index in [4.69, 9.17) is 0 Å². The fourth-order valence-corrected chi connectivity index (χ4v) is 4.11. The SMILES string of the molecule is O=C1NCC2CN(Cc3ccc(F)c(-c4cccs4)c3)CCN12. The van der Waals surface area contributed by atoms with E-state index in [0.717, 1.165) is 43.2 Å². The number of carbonyl (C=O) groups is 1. The largest absolute Gasteiger partial charge is 0.336 e. The lowest BCUT2D eigenvalue weighted by Crippen LogP contribution is -2.51. The fraction of sp³-hybridized carbons (Fsp3) is 0.353. The molecule has 1 unspecified atom stereocenters. The Bertz CT molecular complexity index is 719. The van der Waals surface area contributed by atoms with Crippen LogP contribution in [-0.4, -0.2) is 48.1 Å². The van der Waals surface area contributed by atoms with Crippen molar-refractivity contribution < 1.29 is 9.18 Å². The number of urea groups is 1. The van der Waals surface area contributed by atoms with Gasteiger partial charge in [0.15, 0.2) is 0 Å². The van der Waals surface area contributed by atoms with Gasteiger partial charge in [0.05, 0.1) is 6.04 Å². The Morgan fingerprint density at radius 3 is 3.04 bits per heavy atom. The highest BCUT2D eigenvalue weighted by Gasteiger charge is 2.35. The van der Waals surface area contributed by atoms with Crippen molar-refractivity contribution in [1.29, 1.82) is 0 Å². The second kappa shape index (κ2) is 5.94. The van der Waals surface area contributed by atoms with Gasteiger partial charge < -0.3 is 10.2 Å². The summed E-state index contributed by atoms with van der Waals surface area (Å²) in [5.41, 5.74) is 1.79. The minimum absolute atomic E-state index is 0.0522. The van der Waals surface area contributed by atoms with Gasteiger partial charge in [-0.1, -0.05) is 12.1 Å². The summed E-state index contributed by atoms with van der Waals surface area (Å²) in [5, 5.41) is 4.86. The molecule has 3 heterocycles. The molecule has 1 aromatic carbocycles. The molecular formula is C17H18FN3OS. The third-order valence-corrected chi connectivity index (χ3v) is 5.44. The molecule has 0 saturated carbocycles. The van der Waals surface area contributed by atoms with Crippen LogP contribution in [0, 0.1) is 5.82 Å². The topological polar surface area (TPSA) is 35.6 Å². The molecule has 120 valence electrons. The summed E-state index contributed by atoms with van der Waals surface area (Å²) in [5.74, 6) is -0.174. The third-order valence-electron chi connectivity index (χ3n) is 4.54. The third kappa shape index (κ3) is 2.84. The van der Waals surface area contributed by atoms with Gasteiger partial charge in [-0.2, -0.15) is 0 Å². The Balaban J connectivity index is 1.49. The molecule has 2 aromatic rings. The maximum absolute atomic E-state index is 14.1. The predicted octanol–water partition coefficient (Wildman–Crippen LogP) is 2.76. The number of benzene rings is 1. The molecule has 1 N–H and O–H groups in total. The second-order valence-electron chi connectivity index (χ2n) is 6.06. The summed E-state index contributed by atoms with van der Waals surface area (Å²) in [7, 11) is 0. The molecule has 4 rings (SSSR count). The van der Waals surface area contributed by atoms with Gasteiger partial charge in [-0.3, -0.25) is 4.90 Å². The van der Waals surface area contributed by atoms with Gasteiger partial charge in [-0.15, -0.1) is 11.3 Å². The first-order valence-corrected chi connectivity index (χ1v) is 8.68. The van der Waals surface area contributed by atoms with Gasteiger partial charge in [0, 0.05) is 43.2 Å². The first-order chi connectivity index (χ1) is 11.2. The normalized spacial score (nSPS) is 21.3. The number of rotatable bonds is 3. The van der Waals surface area contributed by atoms with Gasteiger partial charge >= 0.3 is 6.03 Å². The fourth-order valence-electron chi connectivity index (χ4n) is 3.36. The number of piperazine rings is 1. The van der Waals surface area contributed by atoms with Crippen molar-refractivity contribution in [1.82, 2.24) is 15.1 Å². The monoisotopic (exact) mass is 331 g/mol. The van der Waals surface area contributed by atoms with Crippen LogP contribution in [0.3, 0.4) is 0 Å². The average Bonchev–Trinajstić information content (AvgIpc) is 3.20. The Labute approximate surface area is 138 Å². The number of fused-ring (bicyclic) bond motifs is 1. The lowest BCUT2D eigenvalue weighted by molar-refractivity contribution is 0.116.